The van der Waals surface area contributed by atoms with Crippen molar-refractivity contribution in [1.82, 2.24) is 5.32 Å². The molecule has 0 saturated carbocycles. The molecule has 23 heavy (non-hydrogen) atoms. The van der Waals surface area contributed by atoms with Crippen LogP contribution in [-0.4, -0.2) is 30.8 Å². The predicted molar refractivity (Wildman–Crippen MR) is 90.4 cm³/mol. The van der Waals surface area contributed by atoms with Gasteiger partial charge < -0.3 is 15.2 Å². The third kappa shape index (κ3) is 6.12. The molecule has 4 heteroatoms. The Hall–Kier alpha value is -2.33. The lowest BCUT2D eigenvalue weighted by molar-refractivity contribution is -0.123. The summed E-state index contributed by atoms with van der Waals surface area (Å²) < 4.78 is 5.39. The minimum Gasteiger partial charge on any atom is -0.484 e. The van der Waals surface area contributed by atoms with Crippen LogP contribution in [0.5, 0.6) is 5.75 Å². The Kier molecular flexibility index (Phi) is 6.63. The van der Waals surface area contributed by atoms with E-state index in [1.54, 1.807) is 12.1 Å². The molecular formula is C19H23NO3. The maximum atomic E-state index is 11.8. The molecule has 0 aliphatic heterocycles. The highest BCUT2D eigenvalue weighted by Crippen LogP contribution is 2.10. The summed E-state index contributed by atoms with van der Waals surface area (Å²) in [4.78, 5) is 11.8. The van der Waals surface area contributed by atoms with Gasteiger partial charge in [0, 0.05) is 19.1 Å². The van der Waals surface area contributed by atoms with Gasteiger partial charge in [0.05, 0.1) is 0 Å². The number of rotatable bonds is 8. The minimum absolute atomic E-state index is 0.00150. The molecule has 1 amide bonds. The highest BCUT2D eigenvalue weighted by atomic mass is 16.5. The van der Waals surface area contributed by atoms with Crippen molar-refractivity contribution < 1.29 is 14.6 Å². The number of hydrogen-bond acceptors (Lipinski definition) is 3. The van der Waals surface area contributed by atoms with Gasteiger partial charge in [-0.05, 0) is 31.0 Å². The first-order valence-corrected chi connectivity index (χ1v) is 7.78. The zero-order valence-electron chi connectivity index (χ0n) is 13.4. The number of carbonyl (C=O) groups is 1. The zero-order valence-corrected chi connectivity index (χ0v) is 13.4. The van der Waals surface area contributed by atoms with Crippen molar-refractivity contribution >= 4 is 5.91 Å². The molecule has 2 aromatic rings. The summed E-state index contributed by atoms with van der Waals surface area (Å²) in [5, 5.41) is 12.3. The number of aliphatic hydroxyl groups excluding tert-OH is 1. The first kappa shape index (κ1) is 17.0. The molecule has 0 aliphatic carbocycles. The largest absolute Gasteiger partial charge is 0.484 e. The van der Waals surface area contributed by atoms with Crippen molar-refractivity contribution in [2.24, 2.45) is 5.92 Å². The summed E-state index contributed by atoms with van der Waals surface area (Å²) in [5.41, 5.74) is 2.37. The minimum atomic E-state index is -0.184. The van der Waals surface area contributed by atoms with E-state index >= 15 is 0 Å². The van der Waals surface area contributed by atoms with Crippen LogP contribution >= 0.6 is 0 Å². The van der Waals surface area contributed by atoms with Crippen LogP contribution in [0.15, 0.2) is 54.6 Å². The molecule has 1 atom stereocenters. The molecule has 0 heterocycles. The molecule has 0 aromatic heterocycles. The number of nitrogens with one attached hydrogen (secondary N) is 1. The Morgan fingerprint density at radius 1 is 1.13 bits per heavy atom. The maximum absolute atomic E-state index is 11.8. The Balaban J connectivity index is 1.74. The Morgan fingerprint density at radius 3 is 2.48 bits per heavy atom. The van der Waals surface area contributed by atoms with Crippen LogP contribution in [0.3, 0.4) is 0 Å². The van der Waals surface area contributed by atoms with Crippen molar-refractivity contribution in [1.29, 1.82) is 0 Å². The highest BCUT2D eigenvalue weighted by Gasteiger charge is 2.11. The Morgan fingerprint density at radius 2 is 1.83 bits per heavy atom. The number of benzene rings is 2. The number of aliphatic hydroxyl groups is 1. The van der Waals surface area contributed by atoms with Gasteiger partial charge in [-0.3, -0.25) is 4.79 Å². The lowest BCUT2D eigenvalue weighted by Gasteiger charge is -2.15. The normalized spacial score (nSPS) is 11.7. The van der Waals surface area contributed by atoms with Crippen LogP contribution in [0.25, 0.3) is 0 Å². The van der Waals surface area contributed by atoms with Crippen LogP contribution in [0, 0.1) is 12.8 Å². The third-order valence-electron chi connectivity index (χ3n) is 3.60. The van der Waals surface area contributed by atoms with E-state index in [-0.39, 0.29) is 25.0 Å². The highest BCUT2D eigenvalue weighted by molar-refractivity contribution is 5.77. The molecule has 122 valence electrons. The monoisotopic (exact) mass is 313 g/mol. The number of para-hydroxylation sites is 1. The van der Waals surface area contributed by atoms with Crippen molar-refractivity contribution in [3.63, 3.8) is 0 Å². The average molecular weight is 313 g/mol. The first-order valence-electron chi connectivity index (χ1n) is 7.78. The van der Waals surface area contributed by atoms with Crippen LogP contribution < -0.4 is 10.1 Å². The summed E-state index contributed by atoms with van der Waals surface area (Å²) >= 11 is 0. The Bertz CT molecular complexity index is 596. The molecule has 0 fully saturated rings. The van der Waals surface area contributed by atoms with Gasteiger partial charge in [0.15, 0.2) is 6.61 Å². The van der Waals surface area contributed by atoms with Crippen LogP contribution in [-0.2, 0) is 11.2 Å². The first-order chi connectivity index (χ1) is 11.2. The van der Waals surface area contributed by atoms with E-state index in [0.717, 1.165) is 12.0 Å². The van der Waals surface area contributed by atoms with E-state index in [2.05, 4.69) is 29.6 Å². The Labute approximate surface area is 137 Å². The van der Waals surface area contributed by atoms with Crippen molar-refractivity contribution in [3.05, 3.63) is 65.7 Å². The van der Waals surface area contributed by atoms with Gasteiger partial charge >= 0.3 is 0 Å². The van der Waals surface area contributed by atoms with Gasteiger partial charge in [-0.25, -0.2) is 0 Å². The van der Waals surface area contributed by atoms with Crippen molar-refractivity contribution in [3.8, 4) is 5.75 Å². The smallest absolute Gasteiger partial charge is 0.257 e. The zero-order chi connectivity index (χ0) is 16.5. The van der Waals surface area contributed by atoms with Gasteiger partial charge in [0.25, 0.3) is 5.91 Å². The SMILES string of the molecule is Cc1ccc(C[C@@H](CO)CNC(=O)COc2ccccc2)cc1. The summed E-state index contributed by atoms with van der Waals surface area (Å²) in [6.07, 6.45) is 0.733. The van der Waals surface area contributed by atoms with Crippen molar-refractivity contribution in [2.45, 2.75) is 13.3 Å². The summed E-state index contributed by atoms with van der Waals surface area (Å²) in [6, 6.07) is 17.4. The fraction of sp³-hybridized carbons (Fsp3) is 0.316. The second-order valence-corrected chi connectivity index (χ2v) is 5.64. The molecule has 0 radical (unpaired) electrons. The standard InChI is InChI=1S/C19H23NO3/c1-15-7-9-16(10-8-15)11-17(13-21)12-20-19(22)14-23-18-5-3-2-4-6-18/h2-10,17,21H,11-14H2,1H3,(H,20,22)/t17-/m1/s1. The van der Waals surface area contributed by atoms with Gasteiger partial charge in [-0.1, -0.05) is 48.0 Å². The molecule has 4 nitrogen and oxygen atoms in total. The number of aryl methyl sites for hydroxylation is 1. The van der Waals surface area contributed by atoms with Crippen LogP contribution in [0.4, 0.5) is 0 Å². The lowest BCUT2D eigenvalue weighted by atomic mass is 9.99. The van der Waals surface area contributed by atoms with E-state index in [9.17, 15) is 9.90 Å². The number of amides is 1. The molecule has 0 unspecified atom stereocenters. The average Bonchev–Trinajstić information content (AvgIpc) is 2.59. The fourth-order valence-electron chi connectivity index (χ4n) is 2.23. The second-order valence-electron chi connectivity index (χ2n) is 5.64. The fourth-order valence-corrected chi connectivity index (χ4v) is 2.23. The quantitative estimate of drug-likeness (QED) is 0.786. The van der Waals surface area contributed by atoms with Gasteiger partial charge in [0.2, 0.25) is 0 Å². The molecule has 2 rings (SSSR count). The molecule has 0 bridgehead atoms. The summed E-state index contributed by atoms with van der Waals surface area (Å²) in [5.74, 6) is 0.482. The summed E-state index contributed by atoms with van der Waals surface area (Å²) in [6.45, 7) is 2.49. The topological polar surface area (TPSA) is 58.6 Å². The third-order valence-corrected chi connectivity index (χ3v) is 3.60. The molecule has 2 aromatic carbocycles. The van der Waals surface area contributed by atoms with Gasteiger partial charge in [-0.2, -0.15) is 0 Å². The number of carbonyl (C=O) groups excluding carboxylic acids is 1. The van der Waals surface area contributed by atoms with E-state index in [1.165, 1.54) is 5.56 Å². The van der Waals surface area contributed by atoms with E-state index in [1.807, 2.05) is 25.1 Å². The van der Waals surface area contributed by atoms with Crippen molar-refractivity contribution in [2.75, 3.05) is 19.8 Å². The van der Waals surface area contributed by atoms with Gasteiger partial charge in [0.1, 0.15) is 5.75 Å². The number of hydrogen-bond donors (Lipinski definition) is 2. The maximum Gasteiger partial charge on any atom is 0.257 e. The van der Waals surface area contributed by atoms with Gasteiger partial charge in [-0.15, -0.1) is 0 Å². The second kappa shape index (κ2) is 8.96. The molecule has 0 saturated heterocycles. The molecular weight excluding hydrogens is 290 g/mol. The molecule has 2 N–H and O–H groups in total. The number of ether oxygens (including phenoxy) is 1. The van der Waals surface area contributed by atoms with Crippen LogP contribution in [0.1, 0.15) is 11.1 Å². The molecule has 0 aliphatic rings. The van der Waals surface area contributed by atoms with Crippen LogP contribution in [0.2, 0.25) is 0 Å². The summed E-state index contributed by atoms with van der Waals surface area (Å²) in [7, 11) is 0. The van der Waals surface area contributed by atoms with E-state index < -0.39 is 0 Å². The predicted octanol–water partition coefficient (Wildman–Crippen LogP) is 2.34. The lowest BCUT2D eigenvalue weighted by Crippen LogP contribution is -2.35. The van der Waals surface area contributed by atoms with E-state index in [4.69, 9.17) is 4.74 Å². The van der Waals surface area contributed by atoms with E-state index in [0.29, 0.717) is 12.3 Å². The molecule has 0 spiro atoms.